The molecule has 15 heteroatoms. The number of sulfonamides is 1. The number of hydrogen-bond donors (Lipinski definition) is 2. The number of carbonyl (C=O) groups excluding carboxylic acids is 1. The van der Waals surface area contributed by atoms with Crippen LogP contribution in [0.2, 0.25) is 10.0 Å². The molecule has 156 valence electrons. The molecule has 3 N–H and O–H groups in total. The van der Waals surface area contributed by atoms with Crippen LogP contribution >= 0.6 is 23.2 Å². The summed E-state index contributed by atoms with van der Waals surface area (Å²) in [7, 11) is -3.87. The first-order chi connectivity index (χ1) is 13.3. The number of hydrogen-bond acceptors (Lipinski definition) is 7. The van der Waals surface area contributed by atoms with Gasteiger partial charge in [0.2, 0.25) is 10.0 Å². The van der Waals surface area contributed by atoms with E-state index in [1.54, 1.807) is 6.07 Å². The van der Waals surface area contributed by atoms with Crippen LogP contribution in [0.4, 0.5) is 29.5 Å². The number of nitrogens with two attached hydrogens (primary N) is 1. The fraction of sp³-hybridized carbons (Fsp3) is 0.214. The molecular weight excluding hydrogens is 462 g/mol. The first kappa shape index (κ1) is 22.6. The maximum Gasteiger partial charge on any atom is 0.428 e. The lowest BCUT2D eigenvalue weighted by atomic mass is 10.1. The molecular formula is C14H10Cl2F3N5O4S. The maximum atomic E-state index is 12.9. The molecule has 9 nitrogen and oxygen atoms in total. The third kappa shape index (κ3) is 4.50. The van der Waals surface area contributed by atoms with Crippen LogP contribution in [0.15, 0.2) is 12.1 Å². The van der Waals surface area contributed by atoms with Gasteiger partial charge >= 0.3 is 12.3 Å². The molecule has 0 radical (unpaired) electrons. The van der Waals surface area contributed by atoms with Gasteiger partial charge in [-0.2, -0.15) is 27.8 Å². The molecule has 0 saturated heterocycles. The Bertz CT molecular complexity index is 1090. The Balaban J connectivity index is 2.60. The van der Waals surface area contributed by atoms with E-state index >= 15 is 0 Å². The van der Waals surface area contributed by atoms with Crippen molar-refractivity contribution in [3.05, 3.63) is 39.0 Å². The second-order valence-corrected chi connectivity index (χ2v) is 7.99. The standard InChI is InChI=1S/C14H10Cl2F3N5O4S/c1-28-13(25)24(11-10(4-20)22-23-12(11)21)29(26,27)5-7-8(15)2-6(3-9(7)16)14(17,18)19/h2-3H,5H2,1H3,(H3,21,22,23). The second-order valence-electron chi connectivity index (χ2n) is 5.35. The van der Waals surface area contributed by atoms with E-state index in [0.717, 1.165) is 7.11 Å². The topological polar surface area (TPSA) is 142 Å². The fourth-order valence-electron chi connectivity index (χ4n) is 2.21. The van der Waals surface area contributed by atoms with E-state index < -0.39 is 66.4 Å². The summed E-state index contributed by atoms with van der Waals surface area (Å²) in [5, 5.41) is 13.5. The largest absolute Gasteiger partial charge is 0.452 e. The third-order valence-electron chi connectivity index (χ3n) is 3.49. The molecule has 0 fully saturated rings. The molecule has 0 unspecified atom stereocenters. The van der Waals surface area contributed by atoms with Crippen LogP contribution < -0.4 is 10.0 Å². The van der Waals surface area contributed by atoms with E-state index in [1.807, 2.05) is 0 Å². The number of ether oxygens (including phenoxy) is 1. The van der Waals surface area contributed by atoms with Crippen LogP contribution in [0.3, 0.4) is 0 Å². The van der Waals surface area contributed by atoms with Crippen molar-refractivity contribution in [2.75, 3.05) is 17.1 Å². The number of alkyl halides is 3. The molecule has 1 amide bonds. The Labute approximate surface area is 171 Å². The number of aromatic nitrogens is 2. The molecule has 2 aromatic rings. The van der Waals surface area contributed by atoms with E-state index in [4.69, 9.17) is 34.2 Å². The minimum Gasteiger partial charge on any atom is -0.452 e. The fourth-order valence-corrected chi connectivity index (χ4v) is 4.56. The van der Waals surface area contributed by atoms with Gasteiger partial charge in [-0.3, -0.25) is 5.10 Å². The predicted molar refractivity (Wildman–Crippen MR) is 96.7 cm³/mol. The summed E-state index contributed by atoms with van der Waals surface area (Å²) in [5.74, 6) is -1.55. The van der Waals surface area contributed by atoms with Crippen molar-refractivity contribution in [2.45, 2.75) is 11.9 Å². The zero-order valence-electron chi connectivity index (χ0n) is 14.2. The number of nitrogen functional groups attached to an aromatic ring is 1. The van der Waals surface area contributed by atoms with E-state index in [2.05, 4.69) is 14.9 Å². The minimum atomic E-state index is -4.77. The summed E-state index contributed by atoms with van der Waals surface area (Å²) in [6.07, 6.45) is -6.22. The normalized spacial score (nSPS) is 11.8. The molecule has 0 saturated carbocycles. The van der Waals surface area contributed by atoms with Crippen molar-refractivity contribution in [3.8, 4) is 6.07 Å². The molecule has 0 bridgehead atoms. The average molecular weight is 472 g/mol. The number of methoxy groups -OCH3 is 1. The number of nitrogens with zero attached hydrogens (tertiary/aromatic N) is 3. The Morgan fingerprint density at radius 1 is 1.38 bits per heavy atom. The summed E-state index contributed by atoms with van der Waals surface area (Å²) in [5.41, 5.74) is 2.82. The lowest BCUT2D eigenvalue weighted by Crippen LogP contribution is -2.38. The molecule has 0 aliphatic heterocycles. The molecule has 1 aromatic heterocycles. The van der Waals surface area contributed by atoms with Crippen molar-refractivity contribution in [1.82, 2.24) is 10.2 Å². The molecule has 0 atom stereocenters. The molecule has 0 spiro atoms. The van der Waals surface area contributed by atoms with Gasteiger partial charge < -0.3 is 10.5 Å². The van der Waals surface area contributed by atoms with Gasteiger partial charge in [-0.05, 0) is 12.1 Å². The maximum absolute atomic E-state index is 12.9. The summed E-state index contributed by atoms with van der Waals surface area (Å²) >= 11 is 11.6. The van der Waals surface area contributed by atoms with Gasteiger partial charge in [-0.15, -0.1) is 0 Å². The SMILES string of the molecule is COC(=O)N(c1c(C#N)n[nH]c1N)S(=O)(=O)Cc1c(Cl)cc(C(F)(F)F)cc1Cl. The lowest BCUT2D eigenvalue weighted by Gasteiger charge is -2.21. The molecule has 1 aromatic carbocycles. The Hall–Kier alpha value is -2.69. The summed E-state index contributed by atoms with van der Waals surface area (Å²) < 4.78 is 68.8. The number of nitrogens with one attached hydrogen (secondary N) is 1. The monoisotopic (exact) mass is 471 g/mol. The average Bonchev–Trinajstić information content (AvgIpc) is 2.97. The quantitative estimate of drug-likeness (QED) is 0.695. The van der Waals surface area contributed by atoms with Gasteiger partial charge in [0.15, 0.2) is 5.69 Å². The molecule has 29 heavy (non-hydrogen) atoms. The second kappa shape index (κ2) is 7.97. The van der Waals surface area contributed by atoms with Gasteiger partial charge in [-0.1, -0.05) is 23.2 Å². The molecule has 0 aliphatic carbocycles. The number of rotatable bonds is 4. The Morgan fingerprint density at radius 2 is 1.93 bits per heavy atom. The number of anilines is 2. The number of benzene rings is 1. The smallest absolute Gasteiger partial charge is 0.428 e. The zero-order valence-corrected chi connectivity index (χ0v) is 16.5. The summed E-state index contributed by atoms with van der Waals surface area (Å²) in [4.78, 5) is 12.1. The van der Waals surface area contributed by atoms with Gasteiger partial charge in [-0.25, -0.2) is 13.2 Å². The Kier molecular flexibility index (Phi) is 6.21. The predicted octanol–water partition coefficient (Wildman–Crippen LogP) is 3.29. The van der Waals surface area contributed by atoms with Gasteiger partial charge in [0.25, 0.3) is 0 Å². The van der Waals surface area contributed by atoms with Crippen LogP contribution in [0.1, 0.15) is 16.8 Å². The zero-order chi connectivity index (χ0) is 22.1. The summed E-state index contributed by atoms with van der Waals surface area (Å²) in [6.45, 7) is 0. The van der Waals surface area contributed by atoms with Gasteiger partial charge in [0.05, 0.1) is 18.4 Å². The molecule has 0 aliphatic rings. The van der Waals surface area contributed by atoms with Crippen LogP contribution in [0.5, 0.6) is 0 Å². The molecule has 1 heterocycles. The van der Waals surface area contributed by atoms with E-state index in [0.29, 0.717) is 12.1 Å². The number of amides is 1. The first-order valence-corrected chi connectivity index (χ1v) is 9.60. The van der Waals surface area contributed by atoms with Gasteiger partial charge in [0.1, 0.15) is 17.6 Å². The van der Waals surface area contributed by atoms with Crippen LogP contribution in [-0.4, -0.2) is 31.8 Å². The van der Waals surface area contributed by atoms with E-state index in [1.165, 1.54) is 0 Å². The highest BCUT2D eigenvalue weighted by atomic mass is 35.5. The first-order valence-electron chi connectivity index (χ1n) is 7.23. The van der Waals surface area contributed by atoms with Crippen molar-refractivity contribution in [3.63, 3.8) is 0 Å². The third-order valence-corrected chi connectivity index (χ3v) is 5.71. The minimum absolute atomic E-state index is 0.0503. The van der Waals surface area contributed by atoms with Crippen molar-refractivity contribution < 1.29 is 31.1 Å². The van der Waals surface area contributed by atoms with Crippen LogP contribution in [0, 0.1) is 11.3 Å². The molecule has 2 rings (SSSR count). The van der Waals surface area contributed by atoms with Crippen LogP contribution in [-0.2, 0) is 26.7 Å². The van der Waals surface area contributed by atoms with Gasteiger partial charge in [0, 0.05) is 15.6 Å². The van der Waals surface area contributed by atoms with Crippen molar-refractivity contribution >= 4 is 50.8 Å². The number of aromatic amines is 1. The van der Waals surface area contributed by atoms with E-state index in [9.17, 15) is 26.4 Å². The number of nitriles is 1. The Morgan fingerprint density at radius 3 is 2.38 bits per heavy atom. The highest BCUT2D eigenvalue weighted by Crippen LogP contribution is 2.38. The highest BCUT2D eigenvalue weighted by Gasteiger charge is 2.37. The van der Waals surface area contributed by atoms with Crippen LogP contribution in [0.25, 0.3) is 0 Å². The number of H-pyrrole nitrogens is 1. The number of carbonyl (C=O) groups is 1. The number of halogens is 5. The van der Waals surface area contributed by atoms with Crippen molar-refractivity contribution in [1.29, 1.82) is 5.26 Å². The highest BCUT2D eigenvalue weighted by molar-refractivity contribution is 7.92. The van der Waals surface area contributed by atoms with E-state index in [-0.39, 0.29) is 4.31 Å². The summed E-state index contributed by atoms with van der Waals surface area (Å²) in [6, 6.07) is 2.53. The van der Waals surface area contributed by atoms with Crippen molar-refractivity contribution in [2.24, 2.45) is 0 Å². The lowest BCUT2D eigenvalue weighted by molar-refractivity contribution is -0.137.